The highest BCUT2D eigenvalue weighted by molar-refractivity contribution is 5.87. The molecule has 126 valence electrons. The van der Waals surface area contributed by atoms with Crippen LogP contribution in [0.1, 0.15) is 13.3 Å². The number of nitro benzene ring substituents is 1. The molecule has 3 rings (SSSR count). The third-order valence-electron chi connectivity index (χ3n) is 4.21. The zero-order valence-electron chi connectivity index (χ0n) is 13.2. The molecule has 2 aromatic rings. The maximum absolute atomic E-state index is 11.8. The van der Waals surface area contributed by atoms with Gasteiger partial charge < -0.3 is 14.8 Å². The smallest absolute Gasteiger partial charge is 0.293 e. The SMILES string of the molecule is CCC(=O)N1CCN(c2cc3nc[nH]c(=O)c3cc2[N+](=O)[O-])CC1. The number of aromatic nitrogens is 2. The molecule has 1 aliphatic rings. The van der Waals surface area contributed by atoms with Gasteiger partial charge in [0.05, 0.1) is 22.2 Å². The van der Waals surface area contributed by atoms with Gasteiger partial charge in [0.25, 0.3) is 11.2 Å². The molecule has 0 bridgehead atoms. The number of nitrogens with zero attached hydrogens (tertiary/aromatic N) is 4. The van der Waals surface area contributed by atoms with Crippen LogP contribution in [0.25, 0.3) is 10.9 Å². The normalized spacial score (nSPS) is 14.9. The van der Waals surface area contributed by atoms with E-state index in [0.717, 1.165) is 0 Å². The zero-order valence-corrected chi connectivity index (χ0v) is 13.2. The quantitative estimate of drug-likeness (QED) is 0.660. The summed E-state index contributed by atoms with van der Waals surface area (Å²) in [7, 11) is 0. The number of benzene rings is 1. The van der Waals surface area contributed by atoms with Gasteiger partial charge in [-0.2, -0.15) is 0 Å². The molecule has 9 heteroatoms. The molecule has 0 radical (unpaired) electrons. The molecule has 0 atom stereocenters. The lowest BCUT2D eigenvalue weighted by molar-refractivity contribution is -0.384. The zero-order chi connectivity index (χ0) is 17.3. The molecule has 1 aliphatic heterocycles. The minimum absolute atomic E-state index is 0.0795. The van der Waals surface area contributed by atoms with Crippen LogP contribution in [0, 0.1) is 10.1 Å². The molecule has 1 fully saturated rings. The molecule has 0 aliphatic carbocycles. The van der Waals surface area contributed by atoms with E-state index in [0.29, 0.717) is 43.8 Å². The minimum atomic E-state index is -0.495. The van der Waals surface area contributed by atoms with Crippen molar-refractivity contribution < 1.29 is 9.72 Å². The first-order valence-electron chi connectivity index (χ1n) is 7.69. The second-order valence-electron chi connectivity index (χ2n) is 5.57. The Kier molecular flexibility index (Phi) is 4.15. The lowest BCUT2D eigenvalue weighted by atomic mass is 10.1. The summed E-state index contributed by atoms with van der Waals surface area (Å²) < 4.78 is 0. The van der Waals surface area contributed by atoms with Crippen LogP contribution < -0.4 is 10.5 Å². The van der Waals surface area contributed by atoms with Crippen LogP contribution in [0.3, 0.4) is 0 Å². The number of aromatic amines is 1. The van der Waals surface area contributed by atoms with E-state index in [-0.39, 0.29) is 17.0 Å². The number of hydrogen-bond acceptors (Lipinski definition) is 6. The summed E-state index contributed by atoms with van der Waals surface area (Å²) in [6.45, 7) is 3.85. The van der Waals surface area contributed by atoms with Gasteiger partial charge in [-0.3, -0.25) is 19.7 Å². The highest BCUT2D eigenvalue weighted by Crippen LogP contribution is 2.31. The molecule has 2 heterocycles. The number of carbonyl (C=O) groups excluding carboxylic acids is 1. The lowest BCUT2D eigenvalue weighted by Crippen LogP contribution is -2.48. The van der Waals surface area contributed by atoms with Crippen LogP contribution in [0.2, 0.25) is 0 Å². The maximum Gasteiger partial charge on any atom is 0.293 e. The average molecular weight is 331 g/mol. The molecule has 1 aromatic heterocycles. The van der Waals surface area contributed by atoms with E-state index in [2.05, 4.69) is 9.97 Å². The van der Waals surface area contributed by atoms with Crippen molar-refractivity contribution in [3.63, 3.8) is 0 Å². The van der Waals surface area contributed by atoms with Gasteiger partial charge in [-0.1, -0.05) is 6.92 Å². The number of carbonyl (C=O) groups is 1. The van der Waals surface area contributed by atoms with Gasteiger partial charge in [0.1, 0.15) is 5.69 Å². The summed E-state index contributed by atoms with van der Waals surface area (Å²) >= 11 is 0. The minimum Gasteiger partial charge on any atom is -0.362 e. The van der Waals surface area contributed by atoms with Crippen molar-refractivity contribution in [3.05, 3.63) is 38.9 Å². The van der Waals surface area contributed by atoms with Crippen molar-refractivity contribution >= 4 is 28.2 Å². The van der Waals surface area contributed by atoms with Crippen LogP contribution in [0.5, 0.6) is 0 Å². The van der Waals surface area contributed by atoms with Crippen LogP contribution in [0.15, 0.2) is 23.3 Å². The fourth-order valence-corrected chi connectivity index (χ4v) is 2.91. The maximum atomic E-state index is 11.8. The second kappa shape index (κ2) is 6.26. The molecule has 24 heavy (non-hydrogen) atoms. The summed E-state index contributed by atoms with van der Waals surface area (Å²) in [5.74, 6) is 0.0795. The predicted molar refractivity (Wildman–Crippen MR) is 88.1 cm³/mol. The van der Waals surface area contributed by atoms with Gasteiger partial charge in [0.2, 0.25) is 5.91 Å². The summed E-state index contributed by atoms with van der Waals surface area (Å²) in [5.41, 5.74) is 0.296. The second-order valence-corrected chi connectivity index (χ2v) is 5.57. The van der Waals surface area contributed by atoms with Gasteiger partial charge in [0, 0.05) is 38.7 Å². The third-order valence-corrected chi connectivity index (χ3v) is 4.21. The Morgan fingerprint density at radius 2 is 2.04 bits per heavy atom. The van der Waals surface area contributed by atoms with Crippen molar-refractivity contribution in [2.24, 2.45) is 0 Å². The predicted octanol–water partition coefficient (Wildman–Crippen LogP) is 0.890. The van der Waals surface area contributed by atoms with Crippen molar-refractivity contribution in [1.82, 2.24) is 14.9 Å². The first-order valence-corrected chi connectivity index (χ1v) is 7.69. The van der Waals surface area contributed by atoms with Crippen molar-refractivity contribution in [3.8, 4) is 0 Å². The van der Waals surface area contributed by atoms with E-state index in [1.807, 2.05) is 11.8 Å². The van der Waals surface area contributed by atoms with Gasteiger partial charge in [-0.25, -0.2) is 4.98 Å². The number of rotatable bonds is 3. The summed E-state index contributed by atoms with van der Waals surface area (Å²) in [5, 5.41) is 11.6. The van der Waals surface area contributed by atoms with E-state index in [1.165, 1.54) is 12.4 Å². The first kappa shape index (κ1) is 15.9. The number of nitrogens with one attached hydrogen (secondary N) is 1. The largest absolute Gasteiger partial charge is 0.362 e. The van der Waals surface area contributed by atoms with Crippen LogP contribution in [-0.2, 0) is 4.79 Å². The summed E-state index contributed by atoms with van der Waals surface area (Å²) in [6.07, 6.45) is 1.72. The van der Waals surface area contributed by atoms with Crippen molar-refractivity contribution in [2.45, 2.75) is 13.3 Å². The van der Waals surface area contributed by atoms with Crippen molar-refractivity contribution in [1.29, 1.82) is 0 Å². The number of anilines is 1. The van der Waals surface area contributed by atoms with Gasteiger partial charge >= 0.3 is 0 Å². The number of fused-ring (bicyclic) bond motifs is 1. The Hall–Kier alpha value is -2.97. The van der Waals surface area contributed by atoms with E-state index < -0.39 is 10.5 Å². The van der Waals surface area contributed by atoms with Crippen LogP contribution in [0.4, 0.5) is 11.4 Å². The molecule has 0 unspecified atom stereocenters. The molecule has 1 saturated heterocycles. The number of H-pyrrole nitrogens is 1. The highest BCUT2D eigenvalue weighted by atomic mass is 16.6. The molecule has 9 nitrogen and oxygen atoms in total. The molecule has 1 amide bonds. The lowest BCUT2D eigenvalue weighted by Gasteiger charge is -2.35. The molecule has 0 saturated carbocycles. The molecule has 1 N–H and O–H groups in total. The van der Waals surface area contributed by atoms with Crippen LogP contribution in [-0.4, -0.2) is 51.9 Å². The third kappa shape index (κ3) is 2.80. The van der Waals surface area contributed by atoms with Crippen molar-refractivity contribution in [2.75, 3.05) is 31.1 Å². The standard InChI is InChI=1S/C15H17N5O4/c1-2-14(21)19-5-3-18(4-6-19)12-8-11-10(7-13(12)20(23)24)15(22)17-9-16-11/h7-9H,2-6H2,1H3,(H,16,17,22). The Labute approximate surface area is 137 Å². The number of amides is 1. The van der Waals surface area contributed by atoms with Gasteiger partial charge in [-0.15, -0.1) is 0 Å². The highest BCUT2D eigenvalue weighted by Gasteiger charge is 2.26. The molecule has 1 aromatic carbocycles. The summed E-state index contributed by atoms with van der Waals surface area (Å²) in [4.78, 5) is 44.6. The van der Waals surface area contributed by atoms with E-state index in [1.54, 1.807) is 11.0 Å². The molecule has 0 spiro atoms. The number of hydrogen-bond donors (Lipinski definition) is 1. The van der Waals surface area contributed by atoms with E-state index in [9.17, 15) is 19.7 Å². The van der Waals surface area contributed by atoms with E-state index >= 15 is 0 Å². The Morgan fingerprint density at radius 3 is 2.67 bits per heavy atom. The summed E-state index contributed by atoms with van der Waals surface area (Å²) in [6, 6.07) is 2.83. The molecular weight excluding hydrogens is 314 g/mol. The Morgan fingerprint density at radius 1 is 1.33 bits per heavy atom. The van der Waals surface area contributed by atoms with Gasteiger partial charge in [-0.05, 0) is 6.07 Å². The average Bonchev–Trinajstić information content (AvgIpc) is 2.60. The number of piperazine rings is 1. The monoisotopic (exact) mass is 331 g/mol. The molecular formula is C15H17N5O4. The van der Waals surface area contributed by atoms with Crippen LogP contribution >= 0.6 is 0 Å². The topological polar surface area (TPSA) is 112 Å². The Balaban J connectivity index is 1.97. The van der Waals surface area contributed by atoms with Gasteiger partial charge in [0.15, 0.2) is 0 Å². The van der Waals surface area contributed by atoms with E-state index in [4.69, 9.17) is 0 Å². The Bertz CT molecular complexity index is 855. The number of nitro groups is 1. The fourth-order valence-electron chi connectivity index (χ4n) is 2.91. The fraction of sp³-hybridized carbons (Fsp3) is 0.400. The first-order chi connectivity index (χ1) is 11.5.